The summed E-state index contributed by atoms with van der Waals surface area (Å²) in [5.74, 6) is 0. The minimum Gasteiger partial charge on any atom is -0.306 e. The summed E-state index contributed by atoms with van der Waals surface area (Å²) in [7, 11) is 0. The topological polar surface area (TPSA) is 27.6 Å². The molecule has 1 aromatic carbocycles. The van der Waals surface area contributed by atoms with Crippen LogP contribution in [-0.2, 0) is 6.42 Å². The van der Waals surface area contributed by atoms with Crippen molar-refractivity contribution in [3.8, 4) is 0 Å². The van der Waals surface area contributed by atoms with E-state index in [1.54, 1.807) is 0 Å². The van der Waals surface area contributed by atoms with Crippen LogP contribution in [0.2, 0.25) is 0 Å². The van der Waals surface area contributed by atoms with Crippen LogP contribution in [0.1, 0.15) is 33.3 Å². The van der Waals surface area contributed by atoms with Crippen molar-refractivity contribution in [2.75, 3.05) is 6.54 Å². The highest BCUT2D eigenvalue weighted by Crippen LogP contribution is 2.10. The number of hydrogen-bond donors (Lipinski definition) is 1. The Labute approximate surface area is 117 Å². The maximum atomic E-state index is 3.88. The molecular formula is C16H27N3. The smallest absolute Gasteiger partial charge is 0.0607 e. The Morgan fingerprint density at radius 3 is 2.16 bits per heavy atom. The van der Waals surface area contributed by atoms with Gasteiger partial charge in [0.25, 0.3) is 0 Å². The summed E-state index contributed by atoms with van der Waals surface area (Å²) in [4.78, 5) is 2.48. The van der Waals surface area contributed by atoms with E-state index < -0.39 is 0 Å². The highest BCUT2D eigenvalue weighted by Gasteiger charge is 2.19. The molecule has 0 aliphatic heterocycles. The first kappa shape index (κ1) is 15.7. The Kier molecular flexibility index (Phi) is 6.57. The van der Waals surface area contributed by atoms with Crippen molar-refractivity contribution in [1.82, 2.24) is 10.3 Å². The Balaban J connectivity index is 2.69. The number of hydrogen-bond acceptors (Lipinski definition) is 3. The summed E-state index contributed by atoms with van der Waals surface area (Å²) >= 11 is 0. The molecule has 0 aromatic heterocycles. The lowest BCUT2D eigenvalue weighted by molar-refractivity contribution is 0.155. The zero-order chi connectivity index (χ0) is 14.3. The maximum absolute atomic E-state index is 3.88. The third-order valence-electron chi connectivity index (χ3n) is 3.36. The van der Waals surface area contributed by atoms with Gasteiger partial charge in [0, 0.05) is 25.3 Å². The van der Waals surface area contributed by atoms with Crippen LogP contribution in [0, 0.1) is 0 Å². The molecule has 1 N–H and O–H groups in total. The van der Waals surface area contributed by atoms with Gasteiger partial charge >= 0.3 is 0 Å². The van der Waals surface area contributed by atoms with E-state index in [0.717, 1.165) is 13.0 Å². The Hall–Kier alpha value is -1.35. The van der Waals surface area contributed by atoms with E-state index in [0.29, 0.717) is 18.1 Å². The summed E-state index contributed by atoms with van der Waals surface area (Å²) in [5.41, 5.74) is 4.47. The third-order valence-corrected chi connectivity index (χ3v) is 3.36. The second-order valence-corrected chi connectivity index (χ2v) is 5.56. The third kappa shape index (κ3) is 5.43. The fourth-order valence-electron chi connectivity index (χ4n) is 2.45. The monoisotopic (exact) mass is 261 g/mol. The largest absolute Gasteiger partial charge is 0.306 e. The number of nitrogens with one attached hydrogen (secondary N) is 1. The molecule has 0 amide bonds. The molecule has 0 saturated heterocycles. The van der Waals surface area contributed by atoms with Crippen molar-refractivity contribution < 1.29 is 0 Å². The van der Waals surface area contributed by atoms with Crippen molar-refractivity contribution >= 4 is 6.72 Å². The molecule has 1 rings (SSSR count). The number of hydrazone groups is 1. The Morgan fingerprint density at radius 1 is 1.11 bits per heavy atom. The van der Waals surface area contributed by atoms with Crippen LogP contribution in [0.5, 0.6) is 0 Å². The van der Waals surface area contributed by atoms with Gasteiger partial charge in [0.2, 0.25) is 0 Å². The summed E-state index contributed by atoms with van der Waals surface area (Å²) in [6, 6.07) is 11.9. The van der Waals surface area contributed by atoms with Gasteiger partial charge in [0.1, 0.15) is 0 Å². The summed E-state index contributed by atoms with van der Waals surface area (Å²) in [6.45, 7) is 13.5. The molecule has 3 nitrogen and oxygen atoms in total. The van der Waals surface area contributed by atoms with Gasteiger partial charge in [0.15, 0.2) is 0 Å². The molecule has 19 heavy (non-hydrogen) atoms. The molecule has 0 spiro atoms. The molecule has 1 atom stereocenters. The molecule has 0 saturated carbocycles. The molecule has 106 valence electrons. The van der Waals surface area contributed by atoms with Gasteiger partial charge in [-0.2, -0.15) is 5.10 Å². The number of benzene rings is 1. The van der Waals surface area contributed by atoms with Crippen LogP contribution in [0.25, 0.3) is 0 Å². The fraction of sp³-hybridized carbons (Fsp3) is 0.562. The van der Waals surface area contributed by atoms with E-state index in [-0.39, 0.29) is 0 Å². The predicted octanol–water partition coefficient (Wildman–Crippen LogP) is 2.92. The molecule has 0 aliphatic rings. The molecule has 1 unspecified atom stereocenters. The highest BCUT2D eigenvalue weighted by atomic mass is 15.3. The average molecular weight is 261 g/mol. The van der Waals surface area contributed by atoms with Crippen LogP contribution in [0.15, 0.2) is 35.4 Å². The molecule has 1 aromatic rings. The summed E-state index contributed by atoms with van der Waals surface area (Å²) in [6.07, 6.45) is 0.968. The molecule has 0 aliphatic carbocycles. The van der Waals surface area contributed by atoms with Gasteiger partial charge in [-0.05, 0) is 39.7 Å². The van der Waals surface area contributed by atoms with Crippen molar-refractivity contribution in [2.24, 2.45) is 5.10 Å². The molecule has 3 heteroatoms. The van der Waals surface area contributed by atoms with E-state index >= 15 is 0 Å². The predicted molar refractivity (Wildman–Crippen MR) is 83.6 cm³/mol. The average Bonchev–Trinajstić information content (AvgIpc) is 2.36. The van der Waals surface area contributed by atoms with Crippen LogP contribution in [0.3, 0.4) is 0 Å². The second kappa shape index (κ2) is 7.95. The van der Waals surface area contributed by atoms with E-state index in [9.17, 15) is 0 Å². The van der Waals surface area contributed by atoms with Crippen molar-refractivity contribution in [2.45, 2.75) is 52.2 Å². The lowest BCUT2D eigenvalue weighted by Crippen LogP contribution is -2.46. The summed E-state index contributed by atoms with van der Waals surface area (Å²) in [5, 5.41) is 3.88. The van der Waals surface area contributed by atoms with E-state index in [1.807, 2.05) is 6.07 Å². The Bertz CT molecular complexity index is 352. The fourth-order valence-corrected chi connectivity index (χ4v) is 2.45. The molecule has 0 heterocycles. The first-order valence-electron chi connectivity index (χ1n) is 7.05. The van der Waals surface area contributed by atoms with Gasteiger partial charge in [-0.15, -0.1) is 0 Å². The van der Waals surface area contributed by atoms with Crippen molar-refractivity contribution in [3.63, 3.8) is 0 Å². The van der Waals surface area contributed by atoms with Gasteiger partial charge in [0.05, 0.1) is 6.04 Å². The minimum absolute atomic E-state index is 0.296. The maximum Gasteiger partial charge on any atom is 0.0607 e. The van der Waals surface area contributed by atoms with E-state index in [4.69, 9.17) is 0 Å². The van der Waals surface area contributed by atoms with Gasteiger partial charge in [-0.1, -0.05) is 30.3 Å². The number of nitrogens with zero attached hydrogens (tertiary/aromatic N) is 2. The lowest BCUT2D eigenvalue weighted by atomic mass is 10.0. The summed E-state index contributed by atoms with van der Waals surface area (Å²) < 4.78 is 0. The first-order chi connectivity index (χ1) is 9.04. The van der Waals surface area contributed by atoms with Crippen molar-refractivity contribution in [1.29, 1.82) is 0 Å². The van der Waals surface area contributed by atoms with Crippen LogP contribution in [-0.4, -0.2) is 36.3 Å². The quantitative estimate of drug-likeness (QED) is 0.575. The van der Waals surface area contributed by atoms with Gasteiger partial charge in [-0.25, -0.2) is 0 Å². The highest BCUT2D eigenvalue weighted by molar-refractivity contribution is 5.22. The molecule has 0 radical (unpaired) electrons. The molecular weight excluding hydrogens is 234 g/mol. The lowest BCUT2D eigenvalue weighted by Gasteiger charge is -2.33. The molecule has 0 bridgehead atoms. The van der Waals surface area contributed by atoms with Gasteiger partial charge in [-0.3, -0.25) is 4.90 Å². The van der Waals surface area contributed by atoms with E-state index in [2.05, 4.69) is 74.1 Å². The van der Waals surface area contributed by atoms with E-state index in [1.165, 1.54) is 5.56 Å². The Morgan fingerprint density at radius 2 is 1.68 bits per heavy atom. The SMILES string of the molecule is C=NNC(Cc1ccccc1)CN(C(C)C)C(C)C. The number of rotatable bonds is 8. The van der Waals surface area contributed by atoms with Crippen molar-refractivity contribution in [3.05, 3.63) is 35.9 Å². The standard InChI is InChI=1S/C16H27N3/c1-13(2)19(14(3)4)12-16(18-17-5)11-15-9-7-6-8-10-15/h6-10,13-14,16,18H,5,11-12H2,1-4H3. The van der Waals surface area contributed by atoms with Gasteiger partial charge < -0.3 is 5.43 Å². The normalized spacial score (nSPS) is 13.0. The zero-order valence-corrected chi connectivity index (χ0v) is 12.6. The first-order valence-corrected chi connectivity index (χ1v) is 7.05. The second-order valence-electron chi connectivity index (χ2n) is 5.56. The van der Waals surface area contributed by atoms with Crippen LogP contribution >= 0.6 is 0 Å². The molecule has 0 fully saturated rings. The minimum atomic E-state index is 0.296. The zero-order valence-electron chi connectivity index (χ0n) is 12.6. The van der Waals surface area contributed by atoms with Crippen LogP contribution in [0.4, 0.5) is 0 Å². The van der Waals surface area contributed by atoms with Crippen LogP contribution < -0.4 is 5.43 Å².